The highest BCUT2D eigenvalue weighted by Gasteiger charge is 2.11. The quantitative estimate of drug-likeness (QED) is 0.515. The molecule has 0 radical (unpaired) electrons. The van der Waals surface area contributed by atoms with Gasteiger partial charge in [0.05, 0.1) is 16.6 Å². The molecule has 0 atom stereocenters. The van der Waals surface area contributed by atoms with Crippen LogP contribution in [0, 0.1) is 0 Å². The Labute approximate surface area is 94.1 Å². The molecule has 13 heavy (non-hydrogen) atoms. The van der Waals surface area contributed by atoms with Gasteiger partial charge in [0.25, 0.3) is 0 Å². The third-order valence-electron chi connectivity index (χ3n) is 1.52. The van der Waals surface area contributed by atoms with Gasteiger partial charge in [-0.05, 0) is 12.1 Å². The Balaban J connectivity index is 3.28. The summed E-state index contributed by atoms with van der Waals surface area (Å²) >= 11 is 14.4. The van der Waals surface area contributed by atoms with Crippen molar-refractivity contribution in [1.82, 2.24) is 0 Å². The van der Waals surface area contributed by atoms with Crippen molar-refractivity contribution in [3.8, 4) is 0 Å². The molecule has 0 amide bonds. The van der Waals surface area contributed by atoms with E-state index in [1.807, 2.05) is 0 Å². The minimum absolute atomic E-state index is 0.100. The van der Waals surface area contributed by atoms with Crippen LogP contribution >= 0.6 is 39.1 Å². The molecule has 0 aromatic heterocycles. The summed E-state index contributed by atoms with van der Waals surface area (Å²) in [5, 5.41) is 0.350. The summed E-state index contributed by atoms with van der Waals surface area (Å²) < 4.78 is 0.708. The van der Waals surface area contributed by atoms with Crippen molar-refractivity contribution in [1.29, 1.82) is 0 Å². The standard InChI is InChI=1S/C8H6BrCl2NO/c9-4-1-5(7(13)3-10)8(12)6(11)2-4/h1-2H,3,12H2. The number of hydrogen-bond acceptors (Lipinski definition) is 2. The molecule has 0 aliphatic rings. The number of nitrogens with two attached hydrogens (primary N) is 1. The van der Waals surface area contributed by atoms with Crippen LogP contribution in [0.2, 0.25) is 5.02 Å². The lowest BCUT2D eigenvalue weighted by Gasteiger charge is -2.05. The minimum Gasteiger partial charge on any atom is -0.397 e. The van der Waals surface area contributed by atoms with Gasteiger partial charge in [-0.25, -0.2) is 0 Å². The van der Waals surface area contributed by atoms with Crippen molar-refractivity contribution in [2.24, 2.45) is 0 Å². The third-order valence-corrected chi connectivity index (χ3v) is 2.53. The Hall–Kier alpha value is -0.250. The lowest BCUT2D eigenvalue weighted by molar-refractivity contribution is 0.102. The van der Waals surface area contributed by atoms with E-state index in [1.165, 1.54) is 0 Å². The number of Topliss-reactive ketones (excluding diaryl/α,β-unsaturated/α-hetero) is 1. The Morgan fingerprint density at radius 2 is 2.15 bits per heavy atom. The first kappa shape index (κ1) is 10.8. The van der Waals surface area contributed by atoms with Crippen LogP contribution in [0.15, 0.2) is 16.6 Å². The van der Waals surface area contributed by atoms with Gasteiger partial charge in [0.2, 0.25) is 0 Å². The number of nitrogen functional groups attached to an aromatic ring is 1. The number of anilines is 1. The van der Waals surface area contributed by atoms with Gasteiger partial charge in [-0.15, -0.1) is 11.6 Å². The van der Waals surface area contributed by atoms with Gasteiger partial charge in [-0.2, -0.15) is 0 Å². The van der Waals surface area contributed by atoms with Gasteiger partial charge in [-0.3, -0.25) is 4.79 Å². The highest BCUT2D eigenvalue weighted by molar-refractivity contribution is 9.10. The van der Waals surface area contributed by atoms with E-state index in [4.69, 9.17) is 28.9 Å². The molecule has 0 bridgehead atoms. The van der Waals surface area contributed by atoms with E-state index in [1.54, 1.807) is 12.1 Å². The second kappa shape index (κ2) is 4.31. The van der Waals surface area contributed by atoms with Crippen molar-refractivity contribution in [2.45, 2.75) is 0 Å². The fraction of sp³-hybridized carbons (Fsp3) is 0.125. The molecule has 0 saturated carbocycles. The van der Waals surface area contributed by atoms with E-state index in [0.717, 1.165) is 0 Å². The number of benzene rings is 1. The molecule has 0 saturated heterocycles. The van der Waals surface area contributed by atoms with Crippen LogP contribution in [-0.4, -0.2) is 11.7 Å². The number of carbonyl (C=O) groups excluding carboxylic acids is 1. The van der Waals surface area contributed by atoms with Crippen molar-refractivity contribution in [3.63, 3.8) is 0 Å². The first-order chi connectivity index (χ1) is 6.06. The second-order valence-corrected chi connectivity index (χ2v) is 4.00. The van der Waals surface area contributed by atoms with Crippen LogP contribution in [0.25, 0.3) is 0 Å². The number of halogens is 3. The molecule has 0 aliphatic heterocycles. The first-order valence-electron chi connectivity index (χ1n) is 3.40. The smallest absolute Gasteiger partial charge is 0.179 e. The Morgan fingerprint density at radius 1 is 1.54 bits per heavy atom. The summed E-state index contributed by atoms with van der Waals surface area (Å²) in [6.07, 6.45) is 0. The van der Waals surface area contributed by atoms with E-state index in [-0.39, 0.29) is 17.4 Å². The molecule has 1 rings (SSSR count). The predicted octanol–water partition coefficient (Wildman–Crippen LogP) is 3.11. The molecule has 2 N–H and O–H groups in total. The molecule has 70 valence electrons. The largest absolute Gasteiger partial charge is 0.397 e. The Bertz CT molecular complexity index is 354. The lowest BCUT2D eigenvalue weighted by atomic mass is 10.1. The molecular weight excluding hydrogens is 277 g/mol. The summed E-state index contributed by atoms with van der Waals surface area (Å²) in [5.41, 5.74) is 6.23. The highest BCUT2D eigenvalue weighted by Crippen LogP contribution is 2.28. The number of alkyl halides is 1. The van der Waals surface area contributed by atoms with Gasteiger partial charge < -0.3 is 5.73 Å². The normalized spacial score (nSPS) is 10.1. The topological polar surface area (TPSA) is 43.1 Å². The average molecular weight is 283 g/mol. The fourth-order valence-electron chi connectivity index (χ4n) is 0.887. The zero-order valence-corrected chi connectivity index (χ0v) is 9.58. The molecule has 0 spiro atoms. The zero-order valence-electron chi connectivity index (χ0n) is 6.48. The average Bonchev–Trinajstić information content (AvgIpc) is 2.10. The summed E-state index contributed by atoms with van der Waals surface area (Å²) in [7, 11) is 0. The number of hydrogen-bond donors (Lipinski definition) is 1. The van der Waals surface area contributed by atoms with Gasteiger partial charge in [0.1, 0.15) is 0 Å². The maximum atomic E-state index is 11.2. The zero-order chi connectivity index (χ0) is 10.0. The monoisotopic (exact) mass is 281 g/mol. The maximum absolute atomic E-state index is 11.2. The minimum atomic E-state index is -0.234. The van der Waals surface area contributed by atoms with Crippen LogP contribution in [0.3, 0.4) is 0 Å². The predicted molar refractivity (Wildman–Crippen MR) is 58.6 cm³/mol. The van der Waals surface area contributed by atoms with Crippen LogP contribution in [0.4, 0.5) is 5.69 Å². The van der Waals surface area contributed by atoms with Crippen molar-refractivity contribution in [3.05, 3.63) is 27.2 Å². The Morgan fingerprint density at radius 3 is 2.69 bits per heavy atom. The summed E-state index contributed by atoms with van der Waals surface area (Å²) in [4.78, 5) is 11.2. The first-order valence-corrected chi connectivity index (χ1v) is 5.10. The second-order valence-electron chi connectivity index (χ2n) is 2.41. The van der Waals surface area contributed by atoms with Crippen LogP contribution in [0.1, 0.15) is 10.4 Å². The van der Waals surface area contributed by atoms with E-state index in [0.29, 0.717) is 15.1 Å². The number of rotatable bonds is 2. The Kier molecular flexibility index (Phi) is 3.59. The van der Waals surface area contributed by atoms with Crippen molar-refractivity contribution in [2.75, 3.05) is 11.6 Å². The van der Waals surface area contributed by atoms with Gasteiger partial charge in [-0.1, -0.05) is 27.5 Å². The molecule has 0 fully saturated rings. The molecule has 2 nitrogen and oxygen atoms in total. The maximum Gasteiger partial charge on any atom is 0.179 e. The number of ketones is 1. The molecule has 0 unspecified atom stereocenters. The van der Waals surface area contributed by atoms with Crippen molar-refractivity contribution < 1.29 is 4.79 Å². The molecule has 0 heterocycles. The van der Waals surface area contributed by atoms with Gasteiger partial charge >= 0.3 is 0 Å². The third kappa shape index (κ3) is 2.36. The van der Waals surface area contributed by atoms with E-state index in [2.05, 4.69) is 15.9 Å². The highest BCUT2D eigenvalue weighted by atomic mass is 79.9. The SMILES string of the molecule is Nc1c(Cl)cc(Br)cc1C(=O)CCl. The van der Waals surface area contributed by atoms with Crippen molar-refractivity contribution >= 4 is 50.6 Å². The lowest BCUT2D eigenvalue weighted by Crippen LogP contribution is -2.05. The molecule has 1 aromatic rings. The molecule has 5 heteroatoms. The van der Waals surface area contributed by atoms with Gasteiger partial charge in [0, 0.05) is 10.0 Å². The summed E-state index contributed by atoms with van der Waals surface area (Å²) in [6, 6.07) is 3.23. The van der Waals surface area contributed by atoms with Crippen LogP contribution < -0.4 is 5.73 Å². The molecule has 0 aliphatic carbocycles. The summed E-state index contributed by atoms with van der Waals surface area (Å²) in [6.45, 7) is 0. The molecule has 1 aromatic carbocycles. The van der Waals surface area contributed by atoms with E-state index in [9.17, 15) is 4.79 Å². The summed E-state index contributed by atoms with van der Waals surface area (Å²) in [5.74, 6) is -0.334. The fourth-order valence-corrected chi connectivity index (χ4v) is 1.84. The van der Waals surface area contributed by atoms with Crippen LogP contribution in [0.5, 0.6) is 0 Å². The van der Waals surface area contributed by atoms with E-state index >= 15 is 0 Å². The molecular formula is C8H6BrCl2NO. The van der Waals surface area contributed by atoms with E-state index < -0.39 is 0 Å². The van der Waals surface area contributed by atoms with Gasteiger partial charge in [0.15, 0.2) is 5.78 Å². The van der Waals surface area contributed by atoms with Crippen LogP contribution in [-0.2, 0) is 0 Å². The number of carbonyl (C=O) groups is 1.